The molecule has 1 amide bonds. The maximum Gasteiger partial charge on any atom is 0.230 e. The van der Waals surface area contributed by atoms with E-state index in [-0.39, 0.29) is 5.91 Å². The molecule has 0 N–H and O–H groups in total. The lowest BCUT2D eigenvalue weighted by Gasteiger charge is -2.28. The summed E-state index contributed by atoms with van der Waals surface area (Å²) in [4.78, 5) is 13.7. The van der Waals surface area contributed by atoms with Gasteiger partial charge in [-0.3, -0.25) is 4.79 Å². The van der Waals surface area contributed by atoms with Crippen LogP contribution in [-0.4, -0.2) is 23.9 Å². The molecule has 69 valence electrons. The van der Waals surface area contributed by atoms with Gasteiger partial charge in [-0.15, -0.1) is 0 Å². The number of carbonyl (C=O) groups is 1. The van der Waals surface area contributed by atoms with Crippen LogP contribution in [0.25, 0.3) is 0 Å². The van der Waals surface area contributed by atoms with Gasteiger partial charge in [0.15, 0.2) is 0 Å². The molecule has 1 aliphatic carbocycles. The average molecular weight is 176 g/mol. The minimum atomic E-state index is 0.199. The van der Waals surface area contributed by atoms with Gasteiger partial charge in [0, 0.05) is 13.1 Å². The zero-order valence-electron chi connectivity index (χ0n) is 7.70. The zero-order valence-corrected chi connectivity index (χ0v) is 7.70. The molecule has 1 heterocycles. The highest BCUT2D eigenvalue weighted by molar-refractivity contribution is 5.95. The van der Waals surface area contributed by atoms with Crippen LogP contribution in [0.4, 0.5) is 0 Å². The topological polar surface area (TPSA) is 20.3 Å². The SMILES string of the molecule is O=C([C]1[CH][CH][CH][CH]1)N1CCCCC1. The van der Waals surface area contributed by atoms with Crippen LogP contribution in [0.2, 0.25) is 0 Å². The Bertz CT molecular complexity index is 179. The minimum absolute atomic E-state index is 0.199. The average Bonchev–Trinajstić information content (AvgIpc) is 2.71. The van der Waals surface area contributed by atoms with E-state index in [4.69, 9.17) is 0 Å². The van der Waals surface area contributed by atoms with Crippen LogP contribution in [0.15, 0.2) is 0 Å². The lowest BCUT2D eigenvalue weighted by Crippen LogP contribution is -2.38. The molecule has 2 fully saturated rings. The molecule has 2 rings (SSSR count). The number of carbonyl (C=O) groups excluding carboxylic acids is 1. The van der Waals surface area contributed by atoms with Gasteiger partial charge >= 0.3 is 0 Å². The van der Waals surface area contributed by atoms with Crippen LogP contribution in [-0.2, 0) is 4.79 Å². The van der Waals surface area contributed by atoms with Crippen molar-refractivity contribution in [1.29, 1.82) is 0 Å². The Morgan fingerprint density at radius 1 is 1.08 bits per heavy atom. The summed E-state index contributed by atoms with van der Waals surface area (Å²) in [6, 6.07) is 0. The maximum absolute atomic E-state index is 11.8. The van der Waals surface area contributed by atoms with Crippen molar-refractivity contribution in [2.24, 2.45) is 0 Å². The summed E-state index contributed by atoms with van der Waals surface area (Å²) >= 11 is 0. The van der Waals surface area contributed by atoms with Crippen molar-refractivity contribution in [2.75, 3.05) is 13.1 Å². The van der Waals surface area contributed by atoms with Gasteiger partial charge in [-0.05, 0) is 44.9 Å². The van der Waals surface area contributed by atoms with Crippen molar-refractivity contribution >= 4 is 5.91 Å². The molecule has 2 aliphatic rings. The van der Waals surface area contributed by atoms with Crippen molar-refractivity contribution < 1.29 is 4.79 Å². The van der Waals surface area contributed by atoms with Gasteiger partial charge in [-0.25, -0.2) is 0 Å². The molecule has 0 aromatic heterocycles. The molecule has 1 saturated heterocycles. The van der Waals surface area contributed by atoms with Crippen molar-refractivity contribution in [2.45, 2.75) is 19.3 Å². The highest BCUT2D eigenvalue weighted by Gasteiger charge is 2.29. The Morgan fingerprint density at radius 3 is 2.31 bits per heavy atom. The Labute approximate surface area is 80.3 Å². The van der Waals surface area contributed by atoms with Crippen LogP contribution < -0.4 is 0 Å². The smallest absolute Gasteiger partial charge is 0.230 e. The number of hydrogen-bond donors (Lipinski definition) is 0. The van der Waals surface area contributed by atoms with Gasteiger partial charge in [0.2, 0.25) is 5.91 Å². The molecule has 13 heavy (non-hydrogen) atoms. The monoisotopic (exact) mass is 176 g/mol. The molecule has 0 unspecified atom stereocenters. The van der Waals surface area contributed by atoms with Crippen LogP contribution in [0.3, 0.4) is 0 Å². The maximum atomic E-state index is 11.8. The van der Waals surface area contributed by atoms with Crippen LogP contribution in [0.1, 0.15) is 19.3 Å². The summed E-state index contributed by atoms with van der Waals surface area (Å²) in [6.45, 7) is 1.87. The highest BCUT2D eigenvalue weighted by atomic mass is 16.2. The molecule has 5 radical (unpaired) electrons. The Hall–Kier alpha value is -0.530. The number of rotatable bonds is 1. The summed E-state index contributed by atoms with van der Waals surface area (Å²) in [5.41, 5.74) is 0. The number of amides is 1. The molecule has 1 aliphatic heterocycles. The van der Waals surface area contributed by atoms with E-state index in [2.05, 4.69) is 0 Å². The predicted molar refractivity (Wildman–Crippen MR) is 50.9 cm³/mol. The highest BCUT2D eigenvalue weighted by Crippen LogP contribution is 2.26. The number of likely N-dealkylation sites (tertiary alicyclic amines) is 1. The van der Waals surface area contributed by atoms with Gasteiger partial charge in [0.1, 0.15) is 0 Å². The normalized spacial score (nSPS) is 25.1. The van der Waals surface area contributed by atoms with Crippen LogP contribution in [0.5, 0.6) is 0 Å². The second-order valence-corrected chi connectivity index (χ2v) is 3.53. The van der Waals surface area contributed by atoms with E-state index in [1.807, 2.05) is 30.6 Å². The van der Waals surface area contributed by atoms with Crippen molar-refractivity contribution in [1.82, 2.24) is 4.90 Å². The fourth-order valence-electron chi connectivity index (χ4n) is 1.80. The number of piperidine rings is 1. The molecule has 0 aromatic rings. The largest absolute Gasteiger partial charge is 0.342 e. The van der Waals surface area contributed by atoms with E-state index in [0.717, 1.165) is 31.8 Å². The molecule has 0 spiro atoms. The summed E-state index contributed by atoms with van der Waals surface area (Å²) < 4.78 is 0. The van der Waals surface area contributed by atoms with Crippen LogP contribution in [0, 0.1) is 31.6 Å². The molecule has 0 atom stereocenters. The molecular weight excluding hydrogens is 162 g/mol. The minimum Gasteiger partial charge on any atom is -0.342 e. The molecule has 0 bridgehead atoms. The Morgan fingerprint density at radius 2 is 1.69 bits per heavy atom. The molecule has 2 heteroatoms. The molecular formula is C11H14NO. The van der Waals surface area contributed by atoms with Gasteiger partial charge in [0.05, 0.1) is 5.92 Å². The van der Waals surface area contributed by atoms with E-state index in [1.165, 1.54) is 6.42 Å². The fraction of sp³-hybridized carbons (Fsp3) is 0.455. The first kappa shape index (κ1) is 9.04. The number of nitrogens with zero attached hydrogens (tertiary/aromatic N) is 1. The van der Waals surface area contributed by atoms with Crippen molar-refractivity contribution in [3.63, 3.8) is 0 Å². The third-order valence-electron chi connectivity index (χ3n) is 2.55. The van der Waals surface area contributed by atoms with E-state index in [0.29, 0.717) is 0 Å². The quantitative estimate of drug-likeness (QED) is 0.591. The predicted octanol–water partition coefficient (Wildman–Crippen LogP) is 1.40. The lowest BCUT2D eigenvalue weighted by atomic mass is 10.0. The summed E-state index contributed by atoms with van der Waals surface area (Å²) in [5, 5.41) is 0. The first-order valence-corrected chi connectivity index (χ1v) is 4.89. The molecule has 0 aromatic carbocycles. The summed E-state index contributed by atoms with van der Waals surface area (Å²) in [6.07, 6.45) is 11.2. The molecule has 2 nitrogen and oxygen atoms in total. The van der Waals surface area contributed by atoms with Crippen molar-refractivity contribution in [3.05, 3.63) is 31.6 Å². The van der Waals surface area contributed by atoms with E-state index < -0.39 is 0 Å². The summed E-state index contributed by atoms with van der Waals surface area (Å²) in [5.74, 6) is 1.03. The van der Waals surface area contributed by atoms with E-state index >= 15 is 0 Å². The van der Waals surface area contributed by atoms with E-state index in [9.17, 15) is 4.79 Å². The van der Waals surface area contributed by atoms with Gasteiger partial charge < -0.3 is 4.90 Å². The van der Waals surface area contributed by atoms with Gasteiger partial charge in [-0.2, -0.15) is 0 Å². The first-order chi connectivity index (χ1) is 6.38. The second-order valence-electron chi connectivity index (χ2n) is 3.53. The number of hydrogen-bond acceptors (Lipinski definition) is 1. The molecule has 1 saturated carbocycles. The standard InChI is InChI=1S/C11H14NO/c13-11(10-6-2-3-7-10)12-8-4-1-5-9-12/h2-3,6-7H,1,4-5,8-9H2. The first-order valence-electron chi connectivity index (χ1n) is 4.89. The van der Waals surface area contributed by atoms with Gasteiger partial charge in [-0.1, -0.05) is 0 Å². The van der Waals surface area contributed by atoms with E-state index in [1.54, 1.807) is 0 Å². The fourth-order valence-corrected chi connectivity index (χ4v) is 1.80. The Balaban J connectivity index is 1.87. The third-order valence-corrected chi connectivity index (χ3v) is 2.55. The van der Waals surface area contributed by atoms with Crippen LogP contribution >= 0.6 is 0 Å². The zero-order chi connectivity index (χ0) is 9.10. The third kappa shape index (κ3) is 2.04. The van der Waals surface area contributed by atoms with Crippen molar-refractivity contribution in [3.8, 4) is 0 Å². The Kier molecular flexibility index (Phi) is 2.87. The van der Waals surface area contributed by atoms with Gasteiger partial charge in [0.25, 0.3) is 0 Å². The summed E-state index contributed by atoms with van der Waals surface area (Å²) in [7, 11) is 0. The lowest BCUT2D eigenvalue weighted by molar-refractivity contribution is -0.129. The second kappa shape index (κ2) is 4.12.